The van der Waals surface area contributed by atoms with Gasteiger partial charge < -0.3 is 20.1 Å². The van der Waals surface area contributed by atoms with Gasteiger partial charge in [-0.2, -0.15) is 8.42 Å². The van der Waals surface area contributed by atoms with Crippen LogP contribution in [0.5, 0.6) is 0 Å². The minimum Gasteiger partial charge on any atom is -0.394 e. The predicted molar refractivity (Wildman–Crippen MR) is 43.7 cm³/mol. The second-order valence-corrected chi connectivity index (χ2v) is 4.60. The molecule has 1 fully saturated rings. The van der Waals surface area contributed by atoms with Gasteiger partial charge in [-0.1, -0.05) is 0 Å². The fourth-order valence-corrected chi connectivity index (χ4v) is 1.79. The lowest BCUT2D eigenvalue weighted by Gasteiger charge is -2.15. The first-order valence-corrected chi connectivity index (χ1v) is 5.67. The molecule has 0 radical (unpaired) electrons. The lowest BCUT2D eigenvalue weighted by atomic mass is 10.1. The third-order valence-corrected chi connectivity index (χ3v) is 2.35. The van der Waals surface area contributed by atoms with E-state index in [1.807, 2.05) is 0 Å². The van der Waals surface area contributed by atoms with E-state index in [0.717, 1.165) is 6.26 Å². The summed E-state index contributed by atoms with van der Waals surface area (Å²) in [6, 6.07) is 0. The molecule has 0 aromatic heterocycles. The van der Waals surface area contributed by atoms with Gasteiger partial charge in [0.05, 0.1) is 12.9 Å². The average molecular weight is 228 g/mol. The van der Waals surface area contributed by atoms with Gasteiger partial charge >= 0.3 is 0 Å². The number of aliphatic hydroxyl groups is 3. The molecule has 0 bridgehead atoms. The minimum atomic E-state index is -3.79. The Morgan fingerprint density at radius 3 is 2.36 bits per heavy atom. The molecule has 1 aliphatic rings. The van der Waals surface area contributed by atoms with Crippen molar-refractivity contribution in [2.45, 2.75) is 24.6 Å². The highest BCUT2D eigenvalue weighted by Crippen LogP contribution is 2.23. The van der Waals surface area contributed by atoms with Gasteiger partial charge in [-0.15, -0.1) is 0 Å². The topological polar surface area (TPSA) is 113 Å². The van der Waals surface area contributed by atoms with Crippen molar-refractivity contribution in [1.82, 2.24) is 0 Å². The maximum atomic E-state index is 10.7. The number of ether oxygens (including phenoxy) is 1. The summed E-state index contributed by atoms with van der Waals surface area (Å²) >= 11 is 0. The highest BCUT2D eigenvalue weighted by Gasteiger charge is 2.45. The Morgan fingerprint density at radius 2 is 2.00 bits per heavy atom. The van der Waals surface area contributed by atoms with Crippen LogP contribution < -0.4 is 0 Å². The Bertz CT molecular complexity index is 287. The van der Waals surface area contributed by atoms with E-state index in [1.54, 1.807) is 0 Å². The zero-order valence-electron chi connectivity index (χ0n) is 7.40. The second kappa shape index (κ2) is 4.09. The molecule has 1 heterocycles. The van der Waals surface area contributed by atoms with Gasteiger partial charge in [0, 0.05) is 0 Å². The van der Waals surface area contributed by atoms with E-state index in [9.17, 15) is 13.5 Å². The highest BCUT2D eigenvalue weighted by molar-refractivity contribution is 7.86. The van der Waals surface area contributed by atoms with E-state index < -0.39 is 41.3 Å². The Balaban J connectivity index is 2.70. The SMILES string of the molecule is CS(=O)(=O)O[C@@H]1[C@H](O)[C@H](CO)O[C@H]1O. The van der Waals surface area contributed by atoms with Gasteiger partial charge in [0.15, 0.2) is 12.4 Å². The van der Waals surface area contributed by atoms with Crippen LogP contribution in [0.15, 0.2) is 0 Å². The first-order valence-electron chi connectivity index (χ1n) is 3.86. The molecule has 1 saturated heterocycles. The Labute approximate surface area is 81.0 Å². The standard InChI is InChI=1S/C6H12O7S/c1-14(10,11)13-5-4(8)3(2-7)12-6(5)9/h3-9H,2H2,1H3/t3-,4+,5+,6+/m0/s1. The molecule has 0 spiro atoms. The summed E-state index contributed by atoms with van der Waals surface area (Å²) in [4.78, 5) is 0. The molecule has 14 heavy (non-hydrogen) atoms. The molecule has 0 aliphatic carbocycles. The van der Waals surface area contributed by atoms with Crippen molar-refractivity contribution in [3.63, 3.8) is 0 Å². The van der Waals surface area contributed by atoms with Crippen molar-refractivity contribution in [2.75, 3.05) is 12.9 Å². The van der Waals surface area contributed by atoms with Gasteiger partial charge in [-0.3, -0.25) is 4.18 Å². The van der Waals surface area contributed by atoms with Gasteiger partial charge in [0.2, 0.25) is 0 Å². The van der Waals surface area contributed by atoms with E-state index >= 15 is 0 Å². The Morgan fingerprint density at radius 1 is 1.43 bits per heavy atom. The van der Waals surface area contributed by atoms with E-state index in [0.29, 0.717) is 0 Å². The fraction of sp³-hybridized carbons (Fsp3) is 1.00. The molecule has 7 nitrogen and oxygen atoms in total. The lowest BCUT2D eigenvalue weighted by Crippen LogP contribution is -2.37. The van der Waals surface area contributed by atoms with Crippen molar-refractivity contribution in [3.05, 3.63) is 0 Å². The van der Waals surface area contributed by atoms with E-state index in [4.69, 9.17) is 10.2 Å². The summed E-state index contributed by atoms with van der Waals surface area (Å²) in [5.74, 6) is 0. The molecule has 0 saturated carbocycles. The number of hydrogen-bond acceptors (Lipinski definition) is 7. The zero-order valence-corrected chi connectivity index (χ0v) is 8.22. The van der Waals surface area contributed by atoms with Crippen molar-refractivity contribution in [3.8, 4) is 0 Å². The summed E-state index contributed by atoms with van der Waals surface area (Å²) in [5.41, 5.74) is 0. The highest BCUT2D eigenvalue weighted by atomic mass is 32.2. The van der Waals surface area contributed by atoms with Crippen LogP contribution in [-0.4, -0.2) is 61.2 Å². The van der Waals surface area contributed by atoms with Gasteiger partial charge in [-0.25, -0.2) is 0 Å². The number of aliphatic hydroxyl groups excluding tert-OH is 3. The zero-order chi connectivity index (χ0) is 10.9. The van der Waals surface area contributed by atoms with Gasteiger partial charge in [0.25, 0.3) is 10.1 Å². The second-order valence-electron chi connectivity index (χ2n) is 3.00. The first kappa shape index (κ1) is 11.8. The maximum absolute atomic E-state index is 10.7. The first-order chi connectivity index (χ1) is 6.35. The smallest absolute Gasteiger partial charge is 0.264 e. The molecule has 0 aromatic rings. The average Bonchev–Trinajstić information content (AvgIpc) is 2.29. The largest absolute Gasteiger partial charge is 0.394 e. The summed E-state index contributed by atoms with van der Waals surface area (Å²) in [5, 5.41) is 27.2. The van der Waals surface area contributed by atoms with Crippen molar-refractivity contribution in [1.29, 1.82) is 0 Å². The molecule has 4 atom stereocenters. The lowest BCUT2D eigenvalue weighted by molar-refractivity contribution is -0.127. The summed E-state index contributed by atoms with van der Waals surface area (Å²) in [7, 11) is -3.79. The van der Waals surface area contributed by atoms with Crippen LogP contribution in [0, 0.1) is 0 Å². The van der Waals surface area contributed by atoms with E-state index in [2.05, 4.69) is 8.92 Å². The molecular formula is C6H12O7S. The molecule has 0 aromatic carbocycles. The molecule has 84 valence electrons. The normalized spacial score (nSPS) is 38.9. The molecule has 0 amide bonds. The third kappa shape index (κ3) is 2.62. The van der Waals surface area contributed by atoms with Crippen LogP contribution in [0.3, 0.4) is 0 Å². The number of rotatable bonds is 3. The van der Waals surface area contributed by atoms with Crippen LogP contribution in [0.4, 0.5) is 0 Å². The van der Waals surface area contributed by atoms with Crippen LogP contribution in [0.2, 0.25) is 0 Å². The molecular weight excluding hydrogens is 216 g/mol. The molecule has 1 rings (SSSR count). The molecule has 3 N–H and O–H groups in total. The van der Waals surface area contributed by atoms with Crippen LogP contribution in [0.1, 0.15) is 0 Å². The third-order valence-electron chi connectivity index (χ3n) is 1.78. The summed E-state index contributed by atoms with van der Waals surface area (Å²) in [6.45, 7) is -0.526. The minimum absolute atomic E-state index is 0.526. The van der Waals surface area contributed by atoms with E-state index in [1.165, 1.54) is 0 Å². The number of hydrogen-bond donors (Lipinski definition) is 3. The van der Waals surface area contributed by atoms with Crippen molar-refractivity contribution < 1.29 is 32.7 Å². The predicted octanol–water partition coefficient (Wildman–Crippen LogP) is -2.60. The Hall–Kier alpha value is -0.250. The van der Waals surface area contributed by atoms with Crippen LogP contribution >= 0.6 is 0 Å². The van der Waals surface area contributed by atoms with Crippen molar-refractivity contribution in [2.24, 2.45) is 0 Å². The molecule has 1 aliphatic heterocycles. The fourth-order valence-electron chi connectivity index (χ4n) is 1.17. The quantitative estimate of drug-likeness (QED) is 0.454. The van der Waals surface area contributed by atoms with Gasteiger partial charge in [0.1, 0.15) is 12.2 Å². The van der Waals surface area contributed by atoms with Gasteiger partial charge in [-0.05, 0) is 0 Å². The molecule has 8 heteroatoms. The summed E-state index contributed by atoms with van der Waals surface area (Å²) in [6.07, 6.45) is -4.56. The maximum Gasteiger partial charge on any atom is 0.264 e. The van der Waals surface area contributed by atoms with Crippen LogP contribution in [-0.2, 0) is 19.0 Å². The molecule has 0 unspecified atom stereocenters. The summed E-state index contributed by atoms with van der Waals surface area (Å²) < 4.78 is 30.5. The Kier molecular flexibility index (Phi) is 3.45. The van der Waals surface area contributed by atoms with Crippen LogP contribution in [0.25, 0.3) is 0 Å². The van der Waals surface area contributed by atoms with Crippen molar-refractivity contribution >= 4 is 10.1 Å². The van der Waals surface area contributed by atoms with E-state index in [-0.39, 0.29) is 0 Å². The monoisotopic (exact) mass is 228 g/mol.